The van der Waals surface area contributed by atoms with Gasteiger partial charge in [-0.2, -0.15) is 14.8 Å². The molecule has 53 heavy (non-hydrogen) atoms. The van der Waals surface area contributed by atoms with E-state index in [2.05, 4.69) is 65.6 Å². The highest BCUT2D eigenvalue weighted by molar-refractivity contribution is 5.89. The highest BCUT2D eigenvalue weighted by Gasteiger charge is 2.47. The van der Waals surface area contributed by atoms with Crippen LogP contribution in [0.25, 0.3) is 11.2 Å². The monoisotopic (exact) mass is 717 g/mol. The molecule has 0 aliphatic carbocycles. The van der Waals surface area contributed by atoms with E-state index in [0.29, 0.717) is 61.2 Å². The lowest BCUT2D eigenvalue weighted by Crippen LogP contribution is -2.40. The topological polar surface area (TPSA) is 206 Å². The summed E-state index contributed by atoms with van der Waals surface area (Å²) in [6, 6.07) is 23.5. The minimum Gasteiger partial charge on any atom is -0.387 e. The number of imidazole rings is 1. The lowest BCUT2D eigenvalue weighted by Gasteiger charge is -2.22. The summed E-state index contributed by atoms with van der Waals surface area (Å²) in [6.07, 6.45) is 0.658. The van der Waals surface area contributed by atoms with Crippen molar-refractivity contribution < 1.29 is 19.7 Å². The second kappa shape index (κ2) is 14.9. The molecule has 0 radical (unpaired) electrons. The molecule has 5 atom stereocenters. The molecule has 0 saturated carbocycles. The number of anilines is 3. The minimum atomic E-state index is -1.35. The number of benzene rings is 2. The van der Waals surface area contributed by atoms with Crippen molar-refractivity contribution in [1.29, 1.82) is 0 Å². The third-order valence-electron chi connectivity index (χ3n) is 9.53. The number of aliphatic hydroxyl groups is 2. The van der Waals surface area contributed by atoms with Gasteiger partial charge in [0, 0.05) is 37.8 Å². The molecule has 2 amide bonds. The maximum absolute atomic E-state index is 12.8. The molecule has 2 saturated heterocycles. The number of carbonyl (C=O) groups excluding carboxylic acids is 1. The molecule has 2 aliphatic heterocycles. The quantitative estimate of drug-likeness (QED) is 0.131. The van der Waals surface area contributed by atoms with Crippen molar-refractivity contribution >= 4 is 34.6 Å². The number of ether oxygens (including phenoxy) is 1. The summed E-state index contributed by atoms with van der Waals surface area (Å²) in [5.41, 5.74) is 3.72. The molecule has 3 unspecified atom stereocenters. The van der Waals surface area contributed by atoms with Gasteiger partial charge in [0.1, 0.15) is 12.2 Å². The molecule has 2 fully saturated rings. The van der Waals surface area contributed by atoms with Gasteiger partial charge in [-0.25, -0.2) is 9.78 Å². The van der Waals surface area contributed by atoms with Crippen LogP contribution in [0, 0.1) is 0 Å². The van der Waals surface area contributed by atoms with Crippen LogP contribution in [0.1, 0.15) is 48.5 Å². The number of aromatic nitrogens is 9. The van der Waals surface area contributed by atoms with Gasteiger partial charge < -0.3 is 35.8 Å². The molecule has 6 heterocycles. The van der Waals surface area contributed by atoms with Crippen LogP contribution in [0.2, 0.25) is 0 Å². The highest BCUT2D eigenvalue weighted by Crippen LogP contribution is 2.39. The number of aryl methyl sites for hydroxylation is 1. The zero-order valence-electron chi connectivity index (χ0n) is 28.8. The molecule has 4 aromatic heterocycles. The number of nitrogens with zero attached hydrogens (tertiary/aromatic N) is 10. The largest absolute Gasteiger partial charge is 0.387 e. The first-order valence-corrected chi connectivity index (χ1v) is 17.5. The standard InChI is InChI=1S/C36H39N13O4/c1-2-49-45-32(44-46-49)30-28(50)29(51)34(53-30)48-21-39-27-31(38-19-26(22-10-5-3-6-11-22)23-12-7-4-8-13-23)42-35(43-33(27)48)47-17-15-25(20-47)41-36(52)40-24-14-9-16-37-18-24/h3-14,16,18,21,25-26,28-30,34,50-51H,2,15,17,19-20H2,1H3,(H,38,42,43)(H2,40,41,52)/t25?,28?,29?,30-,34+/m0/s1. The number of nitrogens with one attached hydrogen (secondary N) is 3. The minimum absolute atomic E-state index is 0.00780. The van der Waals surface area contributed by atoms with E-state index in [4.69, 9.17) is 14.7 Å². The zero-order valence-corrected chi connectivity index (χ0v) is 28.8. The Labute approximate surface area is 304 Å². The summed E-state index contributed by atoms with van der Waals surface area (Å²) in [5.74, 6) is 1.06. The van der Waals surface area contributed by atoms with E-state index in [1.165, 1.54) is 11.1 Å². The van der Waals surface area contributed by atoms with Crippen LogP contribution in [0.3, 0.4) is 0 Å². The van der Waals surface area contributed by atoms with Gasteiger partial charge in [0.15, 0.2) is 29.3 Å². The summed E-state index contributed by atoms with van der Waals surface area (Å²) < 4.78 is 7.80. The molecule has 2 aliphatic rings. The number of carbonyl (C=O) groups is 1. The van der Waals surface area contributed by atoms with Gasteiger partial charge in [0.05, 0.1) is 24.8 Å². The molecule has 17 heteroatoms. The average Bonchev–Trinajstić information content (AvgIpc) is 4.00. The fourth-order valence-corrected chi connectivity index (χ4v) is 6.81. The van der Waals surface area contributed by atoms with E-state index in [-0.39, 0.29) is 23.8 Å². The van der Waals surface area contributed by atoms with Crippen molar-refractivity contribution in [3.05, 3.63) is 108 Å². The predicted molar refractivity (Wildman–Crippen MR) is 194 cm³/mol. The third-order valence-corrected chi connectivity index (χ3v) is 9.53. The Morgan fingerprint density at radius 3 is 2.47 bits per heavy atom. The normalized spacial score (nSPS) is 21.4. The van der Waals surface area contributed by atoms with Gasteiger partial charge in [-0.05, 0) is 41.8 Å². The summed E-state index contributed by atoms with van der Waals surface area (Å²) in [4.78, 5) is 34.8. The Kier molecular flexibility index (Phi) is 9.58. The van der Waals surface area contributed by atoms with E-state index < -0.39 is 24.5 Å². The second-order valence-electron chi connectivity index (χ2n) is 13.0. The number of tetrazole rings is 1. The predicted octanol–water partition coefficient (Wildman–Crippen LogP) is 2.86. The van der Waals surface area contributed by atoms with Crippen LogP contribution >= 0.6 is 0 Å². The van der Waals surface area contributed by atoms with Crippen LogP contribution < -0.4 is 20.9 Å². The third kappa shape index (κ3) is 7.09. The molecule has 0 bridgehead atoms. The summed E-state index contributed by atoms with van der Waals surface area (Å²) in [6.45, 7) is 3.88. The number of aliphatic hydroxyl groups excluding tert-OH is 2. The highest BCUT2D eigenvalue weighted by atomic mass is 16.6. The zero-order chi connectivity index (χ0) is 36.3. The van der Waals surface area contributed by atoms with Gasteiger partial charge in [0.25, 0.3) is 0 Å². The molecule has 0 spiro atoms. The molecular weight excluding hydrogens is 678 g/mol. The van der Waals surface area contributed by atoms with Crippen molar-refractivity contribution in [2.75, 3.05) is 35.2 Å². The Morgan fingerprint density at radius 1 is 1.00 bits per heavy atom. The molecule has 2 aromatic carbocycles. The Hall–Kier alpha value is -6.04. The van der Waals surface area contributed by atoms with E-state index in [1.807, 2.05) is 48.2 Å². The van der Waals surface area contributed by atoms with E-state index in [9.17, 15) is 15.0 Å². The van der Waals surface area contributed by atoms with Crippen LogP contribution in [0.4, 0.5) is 22.2 Å². The lowest BCUT2D eigenvalue weighted by molar-refractivity contribution is -0.0384. The SMILES string of the molecule is CCn1nnc([C@H]2O[C@@H](n3cnc4c(NCC(c5ccccc5)c5ccccc5)nc(N5CCC(NC(=O)Nc6cccnc6)C5)nc43)C(O)C2O)n1. The fourth-order valence-electron chi connectivity index (χ4n) is 6.81. The van der Waals surface area contributed by atoms with Gasteiger partial charge in [0.2, 0.25) is 11.8 Å². The number of rotatable bonds is 11. The number of urea groups is 1. The van der Waals surface area contributed by atoms with Gasteiger partial charge >= 0.3 is 6.03 Å². The number of pyridine rings is 1. The first-order chi connectivity index (χ1) is 25.9. The summed E-state index contributed by atoms with van der Waals surface area (Å²) in [5, 5.41) is 44.0. The molecule has 17 nitrogen and oxygen atoms in total. The maximum atomic E-state index is 12.8. The number of hydrogen-bond acceptors (Lipinski definition) is 13. The maximum Gasteiger partial charge on any atom is 0.319 e. The molecule has 272 valence electrons. The van der Waals surface area contributed by atoms with E-state index in [0.717, 1.165) is 11.1 Å². The Morgan fingerprint density at radius 2 is 1.77 bits per heavy atom. The van der Waals surface area contributed by atoms with Crippen LogP contribution in [0.15, 0.2) is 91.5 Å². The molecule has 8 rings (SSSR count). The number of hydrogen-bond donors (Lipinski definition) is 5. The molecule has 6 aromatic rings. The first kappa shape index (κ1) is 34.1. The summed E-state index contributed by atoms with van der Waals surface area (Å²) >= 11 is 0. The van der Waals surface area contributed by atoms with Crippen LogP contribution in [0.5, 0.6) is 0 Å². The Bertz CT molecular complexity index is 2110. The van der Waals surface area contributed by atoms with E-state index >= 15 is 0 Å². The lowest BCUT2D eigenvalue weighted by atomic mass is 9.91. The smallest absolute Gasteiger partial charge is 0.319 e. The van der Waals surface area contributed by atoms with Gasteiger partial charge in [-0.1, -0.05) is 60.7 Å². The fraction of sp³-hybridized carbons (Fsp3) is 0.333. The second-order valence-corrected chi connectivity index (χ2v) is 13.0. The van der Waals surface area contributed by atoms with Crippen molar-refractivity contribution in [2.24, 2.45) is 0 Å². The van der Waals surface area contributed by atoms with Crippen LogP contribution in [-0.4, -0.2) is 98.8 Å². The number of amides is 2. The van der Waals surface area contributed by atoms with Gasteiger partial charge in [-0.3, -0.25) is 9.55 Å². The van der Waals surface area contributed by atoms with Crippen molar-refractivity contribution in [3.63, 3.8) is 0 Å². The summed E-state index contributed by atoms with van der Waals surface area (Å²) in [7, 11) is 0. The van der Waals surface area contributed by atoms with Gasteiger partial charge in [-0.15, -0.1) is 10.2 Å². The first-order valence-electron chi connectivity index (χ1n) is 17.5. The molecular formula is C36H39N13O4. The van der Waals surface area contributed by atoms with Crippen molar-refractivity contribution in [2.45, 2.75) is 56.4 Å². The van der Waals surface area contributed by atoms with Crippen LogP contribution in [-0.2, 0) is 11.3 Å². The van der Waals surface area contributed by atoms with E-state index in [1.54, 1.807) is 29.1 Å². The Balaban J connectivity index is 1.10. The average molecular weight is 718 g/mol. The van der Waals surface area contributed by atoms with Crippen molar-refractivity contribution in [1.82, 2.24) is 50.0 Å². The van der Waals surface area contributed by atoms with Crippen molar-refractivity contribution in [3.8, 4) is 0 Å². The molecule has 5 N–H and O–H groups in total. The number of fused-ring (bicyclic) bond motifs is 1.